The lowest BCUT2D eigenvalue weighted by atomic mass is 9.94. The van der Waals surface area contributed by atoms with Gasteiger partial charge in [0, 0.05) is 5.56 Å². The van der Waals surface area contributed by atoms with E-state index in [2.05, 4.69) is 5.16 Å². The fourth-order valence-corrected chi connectivity index (χ4v) is 3.33. The minimum absolute atomic E-state index is 0.0374. The molecule has 0 amide bonds. The first-order valence-corrected chi connectivity index (χ1v) is 9.87. The summed E-state index contributed by atoms with van der Waals surface area (Å²) in [6.07, 6.45) is 0. The Bertz CT molecular complexity index is 1170. The lowest BCUT2D eigenvalue weighted by Gasteiger charge is -2.09. The van der Waals surface area contributed by atoms with Crippen molar-refractivity contribution < 1.29 is 32.0 Å². The van der Waals surface area contributed by atoms with Crippen LogP contribution in [-0.2, 0) is 14.8 Å². The van der Waals surface area contributed by atoms with Crippen LogP contribution in [0.25, 0.3) is 22.4 Å². The summed E-state index contributed by atoms with van der Waals surface area (Å²) in [5.74, 6) is -2.73. The predicted octanol–water partition coefficient (Wildman–Crippen LogP) is 2.99. The third-order valence-corrected chi connectivity index (χ3v) is 5.31. The van der Waals surface area contributed by atoms with Gasteiger partial charge in [0.15, 0.2) is 17.3 Å². The molecular weight excluding hydrogens is 403 g/mol. The normalized spacial score (nSPS) is 12.6. The molecule has 3 rings (SSSR count). The van der Waals surface area contributed by atoms with Gasteiger partial charge in [-0.3, -0.25) is 4.79 Å². The van der Waals surface area contributed by atoms with Gasteiger partial charge in [-0.1, -0.05) is 17.3 Å². The van der Waals surface area contributed by atoms with Crippen molar-refractivity contribution in [3.05, 3.63) is 54.0 Å². The fraction of sp³-hybridized carbons (Fsp3) is 0.158. The number of nitrogens with two attached hydrogens (primary N) is 1. The number of carbonyl (C=O) groups is 1. The fourth-order valence-electron chi connectivity index (χ4n) is 2.81. The van der Waals surface area contributed by atoms with Gasteiger partial charge >= 0.3 is 5.97 Å². The Morgan fingerprint density at radius 3 is 2.34 bits per heavy atom. The van der Waals surface area contributed by atoms with Crippen LogP contribution in [-0.4, -0.2) is 31.8 Å². The second-order valence-electron chi connectivity index (χ2n) is 6.25. The average molecular weight is 420 g/mol. The third kappa shape index (κ3) is 3.98. The summed E-state index contributed by atoms with van der Waals surface area (Å²) >= 11 is 0. The van der Waals surface area contributed by atoms with E-state index in [1.807, 2.05) is 0 Å². The van der Waals surface area contributed by atoms with Gasteiger partial charge in [-0.2, -0.15) is 0 Å². The summed E-state index contributed by atoms with van der Waals surface area (Å²) in [6, 6.07) is 9.62. The molecule has 1 unspecified atom stereocenters. The van der Waals surface area contributed by atoms with E-state index in [9.17, 15) is 22.7 Å². The topological polar surface area (TPSA) is 133 Å². The zero-order valence-electron chi connectivity index (χ0n) is 15.4. The van der Waals surface area contributed by atoms with Gasteiger partial charge in [0.05, 0.1) is 17.6 Å². The van der Waals surface area contributed by atoms with Crippen LogP contribution in [0.3, 0.4) is 0 Å². The number of carboxylic acid groups (broad SMARTS) is 1. The largest absolute Gasteiger partial charge is 0.494 e. The van der Waals surface area contributed by atoms with E-state index >= 15 is 0 Å². The molecule has 3 aromatic rings. The summed E-state index contributed by atoms with van der Waals surface area (Å²) in [7, 11) is -2.57. The van der Waals surface area contributed by atoms with Gasteiger partial charge in [0.2, 0.25) is 10.0 Å². The van der Waals surface area contributed by atoms with Crippen LogP contribution in [0.15, 0.2) is 51.9 Å². The number of hydrogen-bond donors (Lipinski definition) is 2. The number of aliphatic carboxylic acids is 1. The van der Waals surface area contributed by atoms with Crippen LogP contribution in [0, 0.1) is 5.82 Å². The van der Waals surface area contributed by atoms with Gasteiger partial charge in [-0.05, 0) is 42.8 Å². The molecule has 0 spiro atoms. The minimum Gasteiger partial charge on any atom is -0.494 e. The maximum atomic E-state index is 14.2. The van der Waals surface area contributed by atoms with Gasteiger partial charge in [-0.25, -0.2) is 17.9 Å². The predicted molar refractivity (Wildman–Crippen MR) is 101 cm³/mol. The summed E-state index contributed by atoms with van der Waals surface area (Å²) in [6.45, 7) is 1.42. The molecule has 0 saturated carbocycles. The Balaban J connectivity index is 2.21. The van der Waals surface area contributed by atoms with Gasteiger partial charge in [0.1, 0.15) is 11.6 Å². The van der Waals surface area contributed by atoms with Crippen LogP contribution >= 0.6 is 0 Å². The van der Waals surface area contributed by atoms with Crippen molar-refractivity contribution in [3.8, 4) is 28.1 Å². The Hall–Kier alpha value is -3.24. The highest BCUT2D eigenvalue weighted by Crippen LogP contribution is 2.39. The monoisotopic (exact) mass is 420 g/mol. The number of nitrogens with zero attached hydrogens (tertiary/aromatic N) is 1. The number of methoxy groups -OCH3 is 1. The lowest BCUT2D eigenvalue weighted by Crippen LogP contribution is -2.11. The minimum atomic E-state index is -3.90. The van der Waals surface area contributed by atoms with Crippen LogP contribution in [0.2, 0.25) is 0 Å². The highest BCUT2D eigenvalue weighted by molar-refractivity contribution is 7.89. The van der Waals surface area contributed by atoms with Crippen LogP contribution in [0.5, 0.6) is 5.75 Å². The van der Waals surface area contributed by atoms with E-state index in [-0.39, 0.29) is 22.1 Å². The number of primary sulfonamides is 1. The van der Waals surface area contributed by atoms with Crippen molar-refractivity contribution in [2.45, 2.75) is 17.7 Å². The molecule has 0 saturated heterocycles. The molecule has 0 fully saturated rings. The average Bonchev–Trinajstić information content (AvgIpc) is 3.11. The van der Waals surface area contributed by atoms with Crippen LogP contribution in [0.1, 0.15) is 18.6 Å². The highest BCUT2D eigenvalue weighted by atomic mass is 32.2. The van der Waals surface area contributed by atoms with E-state index in [1.54, 1.807) is 6.07 Å². The molecule has 10 heteroatoms. The molecular formula is C19H17FN2O6S. The second-order valence-corrected chi connectivity index (χ2v) is 7.81. The quantitative estimate of drug-likeness (QED) is 0.626. The van der Waals surface area contributed by atoms with Crippen molar-refractivity contribution >= 4 is 16.0 Å². The number of rotatable bonds is 6. The third-order valence-electron chi connectivity index (χ3n) is 4.38. The lowest BCUT2D eigenvalue weighted by molar-refractivity contribution is -0.138. The number of aromatic nitrogens is 1. The van der Waals surface area contributed by atoms with Gasteiger partial charge in [0.25, 0.3) is 0 Å². The highest BCUT2D eigenvalue weighted by Gasteiger charge is 2.28. The van der Waals surface area contributed by atoms with Gasteiger partial charge < -0.3 is 14.4 Å². The number of sulfonamides is 1. The SMILES string of the molecule is COc1ccc(-c2noc(C(C)C(=O)O)c2-c2ccc(S(N)(=O)=O)cc2)cc1F. The van der Waals surface area contributed by atoms with E-state index in [0.29, 0.717) is 16.7 Å². The number of ether oxygens (including phenoxy) is 1. The Labute approximate surface area is 165 Å². The van der Waals surface area contributed by atoms with Crippen molar-refractivity contribution in [2.24, 2.45) is 5.14 Å². The first kappa shape index (κ1) is 20.5. The summed E-state index contributed by atoms with van der Waals surface area (Å²) in [4.78, 5) is 11.4. The maximum absolute atomic E-state index is 14.2. The van der Waals surface area contributed by atoms with Crippen LogP contribution in [0.4, 0.5) is 4.39 Å². The summed E-state index contributed by atoms with van der Waals surface area (Å²) < 4.78 is 47.4. The van der Waals surface area contributed by atoms with Crippen LogP contribution < -0.4 is 9.88 Å². The molecule has 3 N–H and O–H groups in total. The standard InChI is InChI=1S/C19H17FN2O6S/c1-10(19(23)24)18-16(11-3-6-13(7-4-11)29(21,25)26)17(22-28-18)12-5-8-15(27-2)14(20)9-12/h3-10H,1-2H3,(H,23,24)(H2,21,25,26). The maximum Gasteiger partial charge on any atom is 0.314 e. The van der Waals surface area contributed by atoms with Crippen molar-refractivity contribution in [3.63, 3.8) is 0 Å². The Morgan fingerprint density at radius 2 is 1.83 bits per heavy atom. The van der Waals surface area contributed by atoms with E-state index in [4.69, 9.17) is 14.4 Å². The van der Waals surface area contributed by atoms with Crippen molar-refractivity contribution in [1.82, 2.24) is 5.16 Å². The molecule has 29 heavy (non-hydrogen) atoms. The number of hydrogen-bond acceptors (Lipinski definition) is 6. The number of halogens is 1. The van der Waals surface area contributed by atoms with Crippen molar-refractivity contribution in [2.75, 3.05) is 7.11 Å². The first-order chi connectivity index (χ1) is 13.6. The zero-order chi connectivity index (χ0) is 21.3. The molecule has 0 radical (unpaired) electrons. The summed E-state index contributed by atoms with van der Waals surface area (Å²) in [5.41, 5.74) is 1.29. The molecule has 8 nitrogen and oxygen atoms in total. The van der Waals surface area contributed by atoms with E-state index < -0.39 is 27.7 Å². The smallest absolute Gasteiger partial charge is 0.314 e. The Morgan fingerprint density at radius 1 is 1.21 bits per heavy atom. The molecule has 0 aliphatic carbocycles. The number of benzene rings is 2. The van der Waals surface area contributed by atoms with Crippen molar-refractivity contribution in [1.29, 1.82) is 0 Å². The molecule has 0 bridgehead atoms. The molecule has 1 heterocycles. The second kappa shape index (κ2) is 7.64. The number of carboxylic acids is 1. The molecule has 2 aromatic carbocycles. The van der Waals surface area contributed by atoms with Gasteiger partial charge in [-0.15, -0.1) is 0 Å². The molecule has 0 aliphatic heterocycles. The summed E-state index contributed by atoms with van der Waals surface area (Å²) in [5, 5.41) is 18.5. The molecule has 1 aromatic heterocycles. The zero-order valence-corrected chi connectivity index (χ0v) is 16.2. The molecule has 152 valence electrons. The van der Waals surface area contributed by atoms with E-state index in [0.717, 1.165) is 0 Å². The molecule has 0 aliphatic rings. The molecule has 1 atom stereocenters. The Kier molecular flexibility index (Phi) is 5.40. The first-order valence-electron chi connectivity index (χ1n) is 8.33. The van der Waals surface area contributed by atoms with E-state index in [1.165, 1.54) is 50.4 Å².